The number of allylic oxidation sites excluding steroid dienone is 4. The van der Waals surface area contributed by atoms with Gasteiger partial charge in [0.15, 0.2) is 0 Å². The van der Waals surface area contributed by atoms with Crippen LogP contribution in [-0.2, 0) is 4.79 Å². The van der Waals surface area contributed by atoms with Crippen LogP contribution in [0.25, 0.3) is 0 Å². The van der Waals surface area contributed by atoms with Crippen molar-refractivity contribution in [1.82, 2.24) is 0 Å². The molecule has 0 aromatic heterocycles. The molecule has 4 aliphatic rings. The van der Waals surface area contributed by atoms with Crippen molar-refractivity contribution in [2.24, 2.45) is 45.3 Å². The SMILES string of the molecule is CC(C)CC=C[C@H](C)[C@H]1CC[C@]2(C)C3=C(CC[C@]12C)[C@]1(C)CCC(=O)C(C)(C)[C@@H]1CC3. The molecule has 0 N–H and O–H groups in total. The fourth-order valence-corrected chi connectivity index (χ4v) is 9.07. The Hall–Kier alpha value is -0.850. The predicted octanol–water partition coefficient (Wildman–Crippen LogP) is 8.54. The maximum atomic E-state index is 12.8. The van der Waals surface area contributed by atoms with Crippen LogP contribution in [0.4, 0.5) is 0 Å². The fourth-order valence-electron chi connectivity index (χ4n) is 9.07. The van der Waals surface area contributed by atoms with Crippen molar-refractivity contribution in [3.05, 3.63) is 23.3 Å². The lowest BCUT2D eigenvalue weighted by Gasteiger charge is -2.60. The number of Topliss-reactive ketones (excluding diaryl/α,β-unsaturated/α-hetero) is 1. The molecule has 0 spiro atoms. The number of carbonyl (C=O) groups excluding carboxylic acids is 1. The number of carbonyl (C=O) groups is 1. The first-order chi connectivity index (χ1) is 14.4. The monoisotopic (exact) mass is 424 g/mol. The molecule has 174 valence electrons. The summed E-state index contributed by atoms with van der Waals surface area (Å²) < 4.78 is 0. The van der Waals surface area contributed by atoms with Crippen LogP contribution >= 0.6 is 0 Å². The Morgan fingerprint density at radius 2 is 1.61 bits per heavy atom. The molecule has 6 atom stereocenters. The zero-order valence-electron chi connectivity index (χ0n) is 21.7. The molecule has 31 heavy (non-hydrogen) atoms. The minimum Gasteiger partial charge on any atom is -0.299 e. The summed E-state index contributed by atoms with van der Waals surface area (Å²) in [5.41, 5.74) is 4.50. The first kappa shape index (κ1) is 23.3. The van der Waals surface area contributed by atoms with Gasteiger partial charge in [0.1, 0.15) is 5.78 Å². The van der Waals surface area contributed by atoms with Gasteiger partial charge in [0.05, 0.1) is 0 Å². The molecule has 2 fully saturated rings. The fraction of sp³-hybridized carbons (Fsp3) is 0.833. The third-order valence-corrected chi connectivity index (χ3v) is 11.2. The van der Waals surface area contributed by atoms with E-state index >= 15 is 0 Å². The van der Waals surface area contributed by atoms with Gasteiger partial charge in [0.2, 0.25) is 0 Å². The van der Waals surface area contributed by atoms with Crippen molar-refractivity contribution in [2.45, 2.75) is 113 Å². The molecule has 4 rings (SSSR count). The molecule has 0 saturated heterocycles. The molecule has 0 radical (unpaired) electrons. The number of hydrogen-bond donors (Lipinski definition) is 0. The van der Waals surface area contributed by atoms with Crippen LogP contribution < -0.4 is 0 Å². The van der Waals surface area contributed by atoms with Gasteiger partial charge < -0.3 is 0 Å². The molecule has 0 aromatic carbocycles. The Labute approximate surface area is 192 Å². The standard InChI is InChI=1S/C30H48O/c1-20(2)10-9-11-21(3)22-14-18-30(8)24-12-13-25-27(4,5)26(31)16-17-28(25,6)23(24)15-19-29(22,30)7/h9,11,20-22,25H,10,12-19H2,1-8H3/t21-,22+,25-,28-,29+,30+/m0/s1. The second-order valence-electron chi connectivity index (χ2n) is 13.4. The van der Waals surface area contributed by atoms with Crippen LogP contribution in [0.15, 0.2) is 23.3 Å². The minimum absolute atomic E-state index is 0.152. The first-order valence-corrected chi connectivity index (χ1v) is 13.3. The molecule has 2 saturated carbocycles. The Morgan fingerprint density at radius 3 is 2.29 bits per heavy atom. The van der Waals surface area contributed by atoms with E-state index in [1.807, 2.05) is 5.57 Å². The van der Waals surface area contributed by atoms with Gasteiger partial charge in [-0.25, -0.2) is 0 Å². The van der Waals surface area contributed by atoms with E-state index in [1.54, 1.807) is 5.57 Å². The number of hydrogen-bond acceptors (Lipinski definition) is 1. The van der Waals surface area contributed by atoms with Crippen LogP contribution in [0.3, 0.4) is 0 Å². The summed E-state index contributed by atoms with van der Waals surface area (Å²) in [5.74, 6) is 3.26. The molecule has 1 heteroatoms. The van der Waals surface area contributed by atoms with Gasteiger partial charge in [-0.2, -0.15) is 0 Å². The van der Waals surface area contributed by atoms with Crippen molar-refractivity contribution in [3.8, 4) is 0 Å². The lowest BCUT2D eigenvalue weighted by atomic mass is 9.43. The third kappa shape index (κ3) is 3.26. The first-order valence-electron chi connectivity index (χ1n) is 13.3. The highest BCUT2D eigenvalue weighted by Gasteiger charge is 2.63. The smallest absolute Gasteiger partial charge is 0.138 e. The average Bonchev–Trinajstić information content (AvgIpc) is 2.96. The Balaban J connectivity index is 1.67. The summed E-state index contributed by atoms with van der Waals surface area (Å²) in [7, 11) is 0. The number of fused-ring (bicyclic) bond motifs is 4. The van der Waals surface area contributed by atoms with E-state index in [2.05, 4.69) is 67.5 Å². The van der Waals surface area contributed by atoms with Crippen molar-refractivity contribution < 1.29 is 4.79 Å². The second kappa shape index (κ2) is 7.59. The molecule has 1 nitrogen and oxygen atoms in total. The molecule has 0 bridgehead atoms. The highest BCUT2D eigenvalue weighted by atomic mass is 16.1. The van der Waals surface area contributed by atoms with Gasteiger partial charge in [-0.05, 0) is 91.3 Å². The molecule has 0 heterocycles. The summed E-state index contributed by atoms with van der Waals surface area (Å²) in [6.07, 6.45) is 15.9. The van der Waals surface area contributed by atoms with Crippen molar-refractivity contribution >= 4 is 5.78 Å². The van der Waals surface area contributed by atoms with Gasteiger partial charge in [0.25, 0.3) is 0 Å². The molecule has 0 aliphatic heterocycles. The lowest BCUT2D eigenvalue weighted by molar-refractivity contribution is -0.139. The van der Waals surface area contributed by atoms with Crippen LogP contribution in [0.5, 0.6) is 0 Å². The van der Waals surface area contributed by atoms with Gasteiger partial charge >= 0.3 is 0 Å². The Kier molecular flexibility index (Phi) is 5.71. The summed E-state index contributed by atoms with van der Waals surface area (Å²) >= 11 is 0. The van der Waals surface area contributed by atoms with Crippen LogP contribution in [-0.4, -0.2) is 5.78 Å². The van der Waals surface area contributed by atoms with E-state index in [0.29, 0.717) is 28.4 Å². The predicted molar refractivity (Wildman–Crippen MR) is 132 cm³/mol. The van der Waals surface area contributed by atoms with E-state index in [9.17, 15) is 4.79 Å². The molecular formula is C30H48O. The van der Waals surface area contributed by atoms with Crippen molar-refractivity contribution in [1.29, 1.82) is 0 Å². The highest BCUT2D eigenvalue weighted by Crippen LogP contribution is 2.72. The largest absolute Gasteiger partial charge is 0.299 e. The van der Waals surface area contributed by atoms with Crippen molar-refractivity contribution in [2.75, 3.05) is 0 Å². The maximum absolute atomic E-state index is 12.8. The minimum atomic E-state index is -0.152. The molecule has 0 amide bonds. The van der Waals surface area contributed by atoms with E-state index in [0.717, 1.165) is 24.7 Å². The van der Waals surface area contributed by atoms with E-state index in [-0.39, 0.29) is 10.8 Å². The summed E-state index contributed by atoms with van der Waals surface area (Å²) in [5, 5.41) is 0. The normalized spacial score (nSPS) is 43.2. The lowest BCUT2D eigenvalue weighted by Crippen LogP contribution is -2.53. The van der Waals surface area contributed by atoms with Crippen LogP contribution in [0, 0.1) is 45.3 Å². The van der Waals surface area contributed by atoms with Crippen molar-refractivity contribution in [3.63, 3.8) is 0 Å². The Bertz CT molecular complexity index is 797. The number of rotatable bonds is 4. The van der Waals surface area contributed by atoms with E-state index in [1.165, 1.54) is 44.9 Å². The van der Waals surface area contributed by atoms with Crippen LogP contribution in [0.2, 0.25) is 0 Å². The van der Waals surface area contributed by atoms with E-state index in [4.69, 9.17) is 0 Å². The second-order valence-corrected chi connectivity index (χ2v) is 13.4. The molecule has 0 aromatic rings. The number of ketones is 1. The zero-order valence-corrected chi connectivity index (χ0v) is 21.7. The molecule has 0 unspecified atom stereocenters. The van der Waals surface area contributed by atoms with Gasteiger partial charge in [0, 0.05) is 11.8 Å². The van der Waals surface area contributed by atoms with Crippen LogP contribution in [0.1, 0.15) is 113 Å². The average molecular weight is 425 g/mol. The van der Waals surface area contributed by atoms with Gasteiger partial charge in [-0.3, -0.25) is 4.79 Å². The zero-order chi connectivity index (χ0) is 22.8. The summed E-state index contributed by atoms with van der Waals surface area (Å²) in [6, 6.07) is 0. The maximum Gasteiger partial charge on any atom is 0.138 e. The summed E-state index contributed by atoms with van der Waals surface area (Å²) in [6.45, 7) is 19.4. The highest BCUT2D eigenvalue weighted by molar-refractivity contribution is 5.85. The molecular weight excluding hydrogens is 376 g/mol. The summed E-state index contributed by atoms with van der Waals surface area (Å²) in [4.78, 5) is 12.8. The quantitative estimate of drug-likeness (QED) is 0.413. The third-order valence-electron chi connectivity index (χ3n) is 11.2. The Morgan fingerprint density at radius 1 is 0.903 bits per heavy atom. The topological polar surface area (TPSA) is 17.1 Å². The van der Waals surface area contributed by atoms with Gasteiger partial charge in [-0.1, -0.05) is 78.7 Å². The van der Waals surface area contributed by atoms with Gasteiger partial charge in [-0.15, -0.1) is 0 Å². The van der Waals surface area contributed by atoms with E-state index < -0.39 is 0 Å². The molecule has 4 aliphatic carbocycles.